The molecule has 0 aliphatic heterocycles. The van der Waals surface area contributed by atoms with E-state index in [1.165, 1.54) is 0 Å². The van der Waals surface area contributed by atoms with Gasteiger partial charge in [0.2, 0.25) is 5.96 Å². The fourth-order valence-electron chi connectivity index (χ4n) is 1.33. The topological polar surface area (TPSA) is 62.9 Å². The molecule has 0 saturated carbocycles. The normalized spacial score (nSPS) is 11.1. The first-order valence-electron chi connectivity index (χ1n) is 4.54. The van der Waals surface area contributed by atoms with E-state index in [1.807, 2.05) is 36.2 Å². The second-order valence-corrected chi connectivity index (χ2v) is 2.92. The summed E-state index contributed by atoms with van der Waals surface area (Å²) in [5.74, 6) is 6.69. The number of benzene rings is 1. The zero-order chi connectivity index (χ0) is 11.3. The summed E-state index contributed by atoms with van der Waals surface area (Å²) in [4.78, 5) is 5.83. The SMILES string of the molecule is CN=C(NN)N(C)c1ccccc1OC. The highest BCUT2D eigenvalue weighted by Gasteiger charge is 2.10. The summed E-state index contributed by atoms with van der Waals surface area (Å²) < 4.78 is 5.24. The van der Waals surface area contributed by atoms with Crippen molar-refractivity contribution in [2.75, 3.05) is 26.1 Å². The van der Waals surface area contributed by atoms with Gasteiger partial charge in [-0.15, -0.1) is 0 Å². The highest BCUT2D eigenvalue weighted by molar-refractivity contribution is 5.96. The molecule has 0 bridgehead atoms. The maximum atomic E-state index is 5.35. The van der Waals surface area contributed by atoms with Crippen LogP contribution in [0, 0.1) is 0 Å². The molecular formula is C10H16N4O. The van der Waals surface area contributed by atoms with Gasteiger partial charge in [0.05, 0.1) is 12.8 Å². The van der Waals surface area contributed by atoms with E-state index in [-0.39, 0.29) is 0 Å². The lowest BCUT2D eigenvalue weighted by molar-refractivity contribution is 0.416. The molecule has 0 aromatic heterocycles. The minimum Gasteiger partial charge on any atom is -0.495 e. The number of nitrogens with zero attached hydrogens (tertiary/aromatic N) is 2. The Bertz CT molecular complexity index is 351. The number of guanidine groups is 1. The van der Waals surface area contributed by atoms with Crippen molar-refractivity contribution in [3.8, 4) is 5.75 Å². The summed E-state index contributed by atoms with van der Waals surface area (Å²) in [7, 11) is 5.16. The standard InChI is InChI=1S/C10H16N4O/c1-12-10(13-11)14(2)8-6-4-5-7-9(8)15-3/h4-7H,11H2,1-3H3,(H,12,13). The van der Waals surface area contributed by atoms with Crippen molar-refractivity contribution in [1.29, 1.82) is 0 Å². The summed E-state index contributed by atoms with van der Waals surface area (Å²) in [6.07, 6.45) is 0. The molecule has 3 N–H and O–H groups in total. The Hall–Kier alpha value is -1.75. The average molecular weight is 208 g/mol. The van der Waals surface area contributed by atoms with Crippen molar-refractivity contribution in [2.24, 2.45) is 10.8 Å². The van der Waals surface area contributed by atoms with Crippen molar-refractivity contribution in [1.82, 2.24) is 5.43 Å². The van der Waals surface area contributed by atoms with Gasteiger partial charge in [0.1, 0.15) is 5.75 Å². The molecule has 0 heterocycles. The van der Waals surface area contributed by atoms with Crippen molar-refractivity contribution >= 4 is 11.6 Å². The number of hydrogen-bond donors (Lipinski definition) is 2. The summed E-state index contributed by atoms with van der Waals surface area (Å²) >= 11 is 0. The Balaban J connectivity index is 3.04. The van der Waals surface area contributed by atoms with Gasteiger partial charge < -0.3 is 9.64 Å². The van der Waals surface area contributed by atoms with E-state index in [0.717, 1.165) is 11.4 Å². The minimum atomic E-state index is 0.569. The smallest absolute Gasteiger partial charge is 0.212 e. The van der Waals surface area contributed by atoms with Crippen molar-refractivity contribution in [3.05, 3.63) is 24.3 Å². The molecule has 0 fully saturated rings. The van der Waals surface area contributed by atoms with Gasteiger partial charge >= 0.3 is 0 Å². The third-order valence-electron chi connectivity index (χ3n) is 2.11. The number of aliphatic imine (C=N–C) groups is 1. The molecule has 5 heteroatoms. The van der Waals surface area contributed by atoms with Gasteiger partial charge in [-0.05, 0) is 12.1 Å². The number of hydrogen-bond acceptors (Lipinski definition) is 3. The molecule has 82 valence electrons. The number of nitrogens with one attached hydrogen (secondary N) is 1. The third-order valence-corrected chi connectivity index (χ3v) is 2.11. The molecule has 0 aliphatic carbocycles. The first kappa shape index (κ1) is 11.3. The molecule has 1 rings (SSSR count). The molecule has 15 heavy (non-hydrogen) atoms. The fourth-order valence-corrected chi connectivity index (χ4v) is 1.33. The van der Waals surface area contributed by atoms with Gasteiger partial charge in [0.25, 0.3) is 0 Å². The molecule has 5 nitrogen and oxygen atoms in total. The quantitative estimate of drug-likeness (QED) is 0.323. The minimum absolute atomic E-state index is 0.569. The molecular weight excluding hydrogens is 192 g/mol. The van der Waals surface area contributed by atoms with Crippen LogP contribution in [0.1, 0.15) is 0 Å². The zero-order valence-electron chi connectivity index (χ0n) is 9.19. The molecule has 0 atom stereocenters. The molecule has 0 amide bonds. The van der Waals surface area contributed by atoms with Gasteiger partial charge in [-0.25, -0.2) is 5.84 Å². The Kier molecular flexibility index (Phi) is 3.93. The summed E-state index contributed by atoms with van der Waals surface area (Å²) in [6.45, 7) is 0. The number of ether oxygens (including phenoxy) is 1. The molecule has 0 spiro atoms. The predicted octanol–water partition coefficient (Wildman–Crippen LogP) is 0.580. The van der Waals surface area contributed by atoms with Crippen LogP contribution in [-0.2, 0) is 0 Å². The van der Waals surface area contributed by atoms with E-state index < -0.39 is 0 Å². The second-order valence-electron chi connectivity index (χ2n) is 2.92. The van der Waals surface area contributed by atoms with E-state index in [1.54, 1.807) is 14.2 Å². The van der Waals surface area contributed by atoms with Crippen LogP contribution in [0.4, 0.5) is 5.69 Å². The number of para-hydroxylation sites is 2. The number of nitrogens with two attached hydrogens (primary N) is 1. The molecule has 0 radical (unpaired) electrons. The summed E-state index contributed by atoms with van der Waals surface area (Å²) in [5, 5.41) is 0. The van der Waals surface area contributed by atoms with Crippen LogP contribution in [0.3, 0.4) is 0 Å². The highest BCUT2D eigenvalue weighted by Crippen LogP contribution is 2.26. The van der Waals surface area contributed by atoms with Crippen LogP contribution in [0.25, 0.3) is 0 Å². The number of anilines is 1. The van der Waals surface area contributed by atoms with Crippen LogP contribution in [0.15, 0.2) is 29.3 Å². The monoisotopic (exact) mass is 208 g/mol. The van der Waals surface area contributed by atoms with Crippen LogP contribution in [0.5, 0.6) is 5.75 Å². The first-order valence-corrected chi connectivity index (χ1v) is 4.54. The molecule has 0 unspecified atom stereocenters. The Morgan fingerprint density at radius 2 is 2.13 bits per heavy atom. The third kappa shape index (κ3) is 2.38. The number of methoxy groups -OCH3 is 1. The molecule has 0 aliphatic rings. The Labute approximate surface area is 89.5 Å². The van der Waals surface area contributed by atoms with Gasteiger partial charge in [0.15, 0.2) is 0 Å². The predicted molar refractivity (Wildman–Crippen MR) is 62.1 cm³/mol. The van der Waals surface area contributed by atoms with Gasteiger partial charge in [-0.2, -0.15) is 0 Å². The largest absolute Gasteiger partial charge is 0.495 e. The molecule has 0 saturated heterocycles. The van der Waals surface area contributed by atoms with Crippen LogP contribution in [0.2, 0.25) is 0 Å². The zero-order valence-corrected chi connectivity index (χ0v) is 9.19. The summed E-state index contributed by atoms with van der Waals surface area (Å²) in [5.41, 5.74) is 3.42. The maximum absolute atomic E-state index is 5.35. The lowest BCUT2D eigenvalue weighted by Gasteiger charge is -2.22. The second kappa shape index (κ2) is 5.21. The van der Waals surface area contributed by atoms with Crippen molar-refractivity contribution in [3.63, 3.8) is 0 Å². The number of rotatable bonds is 2. The first-order chi connectivity index (χ1) is 7.24. The maximum Gasteiger partial charge on any atom is 0.212 e. The summed E-state index contributed by atoms with van der Waals surface area (Å²) in [6, 6.07) is 7.66. The van der Waals surface area contributed by atoms with Gasteiger partial charge in [0, 0.05) is 14.1 Å². The lowest BCUT2D eigenvalue weighted by Crippen LogP contribution is -2.42. The highest BCUT2D eigenvalue weighted by atomic mass is 16.5. The van der Waals surface area contributed by atoms with Crippen molar-refractivity contribution < 1.29 is 4.74 Å². The molecule has 1 aromatic rings. The van der Waals surface area contributed by atoms with Gasteiger partial charge in [-0.1, -0.05) is 12.1 Å². The lowest BCUT2D eigenvalue weighted by atomic mass is 10.3. The van der Waals surface area contributed by atoms with E-state index in [2.05, 4.69) is 10.4 Å². The number of hydrazine groups is 1. The molecule has 1 aromatic carbocycles. The van der Waals surface area contributed by atoms with Crippen LogP contribution in [-0.4, -0.2) is 27.2 Å². The van der Waals surface area contributed by atoms with E-state index in [4.69, 9.17) is 10.6 Å². The fraction of sp³-hybridized carbons (Fsp3) is 0.300. The van der Waals surface area contributed by atoms with E-state index in [9.17, 15) is 0 Å². The van der Waals surface area contributed by atoms with Gasteiger partial charge in [-0.3, -0.25) is 10.4 Å². The van der Waals surface area contributed by atoms with Crippen molar-refractivity contribution in [2.45, 2.75) is 0 Å². The Morgan fingerprint density at radius 3 is 2.67 bits per heavy atom. The van der Waals surface area contributed by atoms with E-state index in [0.29, 0.717) is 5.96 Å². The van der Waals surface area contributed by atoms with Crippen LogP contribution >= 0.6 is 0 Å². The van der Waals surface area contributed by atoms with Crippen LogP contribution < -0.4 is 20.9 Å². The average Bonchev–Trinajstić information content (AvgIpc) is 2.30. The van der Waals surface area contributed by atoms with E-state index >= 15 is 0 Å². The Morgan fingerprint density at radius 1 is 1.47 bits per heavy atom.